The summed E-state index contributed by atoms with van der Waals surface area (Å²) in [6, 6.07) is 18.6. The molecule has 0 aliphatic rings. The molecule has 2 rings (SSSR count). The number of ether oxygens (including phenoxy) is 1. The summed E-state index contributed by atoms with van der Waals surface area (Å²) >= 11 is 0. The molecule has 0 bridgehead atoms. The second-order valence-corrected chi connectivity index (χ2v) is 5.06. The average molecular weight is 269 g/mol. The second-order valence-electron chi connectivity index (χ2n) is 5.06. The van der Waals surface area contributed by atoms with Crippen LogP contribution in [-0.2, 0) is 0 Å². The predicted octanol–water partition coefficient (Wildman–Crippen LogP) is 3.77. The van der Waals surface area contributed by atoms with Crippen LogP contribution in [0, 0.1) is 6.92 Å². The summed E-state index contributed by atoms with van der Waals surface area (Å²) in [5.74, 6) is 1.44. The highest BCUT2D eigenvalue weighted by Gasteiger charge is 2.12. The lowest BCUT2D eigenvalue weighted by atomic mass is 9.92. The van der Waals surface area contributed by atoms with Crippen LogP contribution in [0.1, 0.15) is 23.5 Å². The van der Waals surface area contributed by atoms with Crippen LogP contribution >= 0.6 is 0 Å². The number of hydrogen-bond acceptors (Lipinski definition) is 2. The highest BCUT2D eigenvalue weighted by Crippen LogP contribution is 2.23. The first-order chi connectivity index (χ1) is 9.81. The Balaban J connectivity index is 1.95. The third-order valence-corrected chi connectivity index (χ3v) is 3.56. The average Bonchev–Trinajstić information content (AvgIpc) is 2.48. The Kier molecular flexibility index (Phi) is 5.63. The van der Waals surface area contributed by atoms with Crippen molar-refractivity contribution in [3.8, 4) is 5.75 Å². The van der Waals surface area contributed by atoms with E-state index in [4.69, 9.17) is 4.74 Å². The van der Waals surface area contributed by atoms with Crippen molar-refractivity contribution in [3.63, 3.8) is 0 Å². The Hall–Kier alpha value is -1.80. The molecule has 20 heavy (non-hydrogen) atoms. The van der Waals surface area contributed by atoms with Gasteiger partial charge in [-0.3, -0.25) is 0 Å². The normalized spacial score (nSPS) is 12.1. The first-order valence-electron chi connectivity index (χ1n) is 7.19. The Morgan fingerprint density at radius 2 is 1.70 bits per heavy atom. The molecule has 106 valence electrons. The number of aryl methyl sites for hydroxylation is 1. The van der Waals surface area contributed by atoms with Gasteiger partial charge in [0, 0.05) is 6.54 Å². The van der Waals surface area contributed by atoms with Crippen LogP contribution in [0.5, 0.6) is 5.75 Å². The zero-order chi connectivity index (χ0) is 14.2. The van der Waals surface area contributed by atoms with Crippen molar-refractivity contribution in [2.24, 2.45) is 0 Å². The van der Waals surface area contributed by atoms with Crippen LogP contribution in [0.15, 0.2) is 54.6 Å². The lowest BCUT2D eigenvalue weighted by molar-refractivity contribution is 0.296. The summed E-state index contributed by atoms with van der Waals surface area (Å²) in [4.78, 5) is 0. The molecule has 2 aromatic carbocycles. The van der Waals surface area contributed by atoms with Crippen LogP contribution in [0.25, 0.3) is 0 Å². The van der Waals surface area contributed by atoms with Gasteiger partial charge in [-0.1, -0.05) is 42.5 Å². The molecule has 0 spiro atoms. The summed E-state index contributed by atoms with van der Waals surface area (Å²) in [6.07, 6.45) is 1.01. The van der Waals surface area contributed by atoms with Crippen molar-refractivity contribution in [2.75, 3.05) is 20.2 Å². The highest BCUT2D eigenvalue weighted by molar-refractivity contribution is 5.29. The van der Waals surface area contributed by atoms with Crippen molar-refractivity contribution in [1.29, 1.82) is 0 Å². The van der Waals surface area contributed by atoms with E-state index in [0.29, 0.717) is 5.92 Å². The van der Waals surface area contributed by atoms with Crippen LogP contribution in [0.2, 0.25) is 0 Å². The summed E-state index contributed by atoms with van der Waals surface area (Å²) in [6.45, 7) is 3.89. The van der Waals surface area contributed by atoms with Crippen LogP contribution in [0.3, 0.4) is 0 Å². The highest BCUT2D eigenvalue weighted by atomic mass is 16.5. The lowest BCUT2D eigenvalue weighted by Crippen LogP contribution is -2.20. The smallest absolute Gasteiger partial charge is 0.119 e. The molecule has 1 unspecified atom stereocenters. The van der Waals surface area contributed by atoms with Gasteiger partial charge in [-0.25, -0.2) is 0 Å². The van der Waals surface area contributed by atoms with Crippen LogP contribution < -0.4 is 10.1 Å². The molecule has 2 nitrogen and oxygen atoms in total. The minimum absolute atomic E-state index is 0.491. The molecule has 0 saturated carbocycles. The lowest BCUT2D eigenvalue weighted by Gasteiger charge is -2.19. The van der Waals surface area contributed by atoms with E-state index in [9.17, 15) is 0 Å². The zero-order valence-corrected chi connectivity index (χ0v) is 12.3. The van der Waals surface area contributed by atoms with E-state index in [-0.39, 0.29) is 0 Å². The minimum Gasteiger partial charge on any atom is -0.494 e. The predicted molar refractivity (Wildman–Crippen MR) is 84.4 cm³/mol. The molecule has 2 aromatic rings. The molecular formula is C18H23NO. The number of para-hydroxylation sites is 1. The van der Waals surface area contributed by atoms with E-state index in [1.165, 1.54) is 11.1 Å². The summed E-state index contributed by atoms with van der Waals surface area (Å²) in [5.41, 5.74) is 2.77. The summed E-state index contributed by atoms with van der Waals surface area (Å²) in [5, 5.41) is 3.29. The maximum atomic E-state index is 5.82. The largest absolute Gasteiger partial charge is 0.494 e. The zero-order valence-electron chi connectivity index (χ0n) is 12.3. The Bertz CT molecular complexity index is 510. The van der Waals surface area contributed by atoms with Crippen molar-refractivity contribution in [1.82, 2.24) is 5.32 Å². The fourth-order valence-corrected chi connectivity index (χ4v) is 2.49. The van der Waals surface area contributed by atoms with E-state index >= 15 is 0 Å². The van der Waals surface area contributed by atoms with Gasteiger partial charge in [0.25, 0.3) is 0 Å². The molecular weight excluding hydrogens is 246 g/mol. The molecule has 2 heteroatoms. The minimum atomic E-state index is 0.491. The van der Waals surface area contributed by atoms with Crippen molar-refractivity contribution < 1.29 is 4.74 Å². The molecule has 0 heterocycles. The standard InChI is InChI=1S/C18H23NO/c1-15-8-6-7-11-18(15)16(14-19-2)12-13-20-17-9-4-3-5-10-17/h3-11,16,19H,12-14H2,1-2H3. The molecule has 1 N–H and O–H groups in total. The summed E-state index contributed by atoms with van der Waals surface area (Å²) < 4.78 is 5.82. The monoisotopic (exact) mass is 269 g/mol. The molecule has 0 saturated heterocycles. The molecule has 0 fully saturated rings. The van der Waals surface area contributed by atoms with Crippen LogP contribution in [0.4, 0.5) is 0 Å². The Labute approximate surface area is 121 Å². The SMILES string of the molecule is CNCC(CCOc1ccccc1)c1ccccc1C. The van der Waals surface area contributed by atoms with Gasteiger partial charge in [0.2, 0.25) is 0 Å². The van der Waals surface area contributed by atoms with Gasteiger partial charge in [0.15, 0.2) is 0 Å². The second kappa shape index (κ2) is 7.71. The first kappa shape index (κ1) is 14.6. The molecule has 0 radical (unpaired) electrons. The van der Waals surface area contributed by atoms with Gasteiger partial charge < -0.3 is 10.1 Å². The fraction of sp³-hybridized carbons (Fsp3) is 0.333. The van der Waals surface area contributed by atoms with E-state index in [2.05, 4.69) is 36.5 Å². The molecule has 0 aliphatic heterocycles. The number of nitrogens with one attached hydrogen (secondary N) is 1. The van der Waals surface area contributed by atoms with E-state index in [1.54, 1.807) is 0 Å². The van der Waals surface area contributed by atoms with Gasteiger partial charge in [-0.2, -0.15) is 0 Å². The van der Waals surface area contributed by atoms with Crippen LogP contribution in [-0.4, -0.2) is 20.2 Å². The topological polar surface area (TPSA) is 21.3 Å². The van der Waals surface area contributed by atoms with Crippen molar-refractivity contribution in [3.05, 3.63) is 65.7 Å². The maximum absolute atomic E-state index is 5.82. The first-order valence-corrected chi connectivity index (χ1v) is 7.19. The maximum Gasteiger partial charge on any atom is 0.119 e. The number of benzene rings is 2. The fourth-order valence-electron chi connectivity index (χ4n) is 2.49. The van der Waals surface area contributed by atoms with E-state index in [1.807, 2.05) is 37.4 Å². The Morgan fingerprint density at radius 3 is 2.40 bits per heavy atom. The van der Waals surface area contributed by atoms with Gasteiger partial charge in [0.1, 0.15) is 5.75 Å². The third-order valence-electron chi connectivity index (χ3n) is 3.56. The Morgan fingerprint density at radius 1 is 1.00 bits per heavy atom. The number of likely N-dealkylation sites (N-methyl/N-ethyl adjacent to an activating group) is 1. The van der Waals surface area contributed by atoms with Gasteiger partial charge in [-0.15, -0.1) is 0 Å². The third kappa shape index (κ3) is 4.10. The van der Waals surface area contributed by atoms with Gasteiger partial charge in [-0.05, 0) is 49.6 Å². The molecule has 1 atom stereocenters. The molecule has 0 amide bonds. The molecule has 0 aromatic heterocycles. The van der Waals surface area contributed by atoms with Gasteiger partial charge >= 0.3 is 0 Å². The van der Waals surface area contributed by atoms with E-state index in [0.717, 1.165) is 25.3 Å². The van der Waals surface area contributed by atoms with Crippen molar-refractivity contribution in [2.45, 2.75) is 19.3 Å². The quantitative estimate of drug-likeness (QED) is 0.826. The number of hydrogen-bond donors (Lipinski definition) is 1. The van der Waals surface area contributed by atoms with E-state index < -0.39 is 0 Å². The van der Waals surface area contributed by atoms with Crippen molar-refractivity contribution >= 4 is 0 Å². The summed E-state index contributed by atoms with van der Waals surface area (Å²) in [7, 11) is 2.00. The number of rotatable bonds is 7. The molecule has 0 aliphatic carbocycles. The van der Waals surface area contributed by atoms with Gasteiger partial charge in [0.05, 0.1) is 6.61 Å².